The second-order valence-electron chi connectivity index (χ2n) is 10.3. The lowest BCUT2D eigenvalue weighted by Gasteiger charge is -2.18. The van der Waals surface area contributed by atoms with Gasteiger partial charge in [-0.3, -0.25) is 18.6 Å². The molecular formula is C32H54NO10P. The summed E-state index contributed by atoms with van der Waals surface area (Å²) in [4.78, 5) is 44.4. The van der Waals surface area contributed by atoms with E-state index >= 15 is 0 Å². The van der Waals surface area contributed by atoms with Gasteiger partial charge in [0.1, 0.15) is 12.7 Å². The summed E-state index contributed by atoms with van der Waals surface area (Å²) in [5, 5.41) is 21.2. The van der Waals surface area contributed by atoms with Crippen LogP contribution in [0, 0.1) is 0 Å². The number of unbranched alkanes of at least 4 members (excludes halogenated alkanes) is 6. The number of ether oxygens (including phenoxy) is 1. The Morgan fingerprint density at radius 1 is 0.727 bits per heavy atom. The fraction of sp³-hybridized carbons (Fsp3) is 0.656. The van der Waals surface area contributed by atoms with Crippen LogP contribution in [0.4, 0.5) is 0 Å². The first-order chi connectivity index (χ1) is 21.1. The van der Waals surface area contributed by atoms with Gasteiger partial charge in [-0.2, -0.15) is 0 Å². The molecule has 4 N–H and O–H groups in total. The summed E-state index contributed by atoms with van der Waals surface area (Å²) in [7, 11) is -4.73. The molecule has 0 aromatic carbocycles. The molecule has 3 atom stereocenters. The average Bonchev–Trinajstić information content (AvgIpc) is 2.98. The number of phosphoric acid groups is 1. The molecule has 44 heavy (non-hydrogen) atoms. The van der Waals surface area contributed by atoms with Gasteiger partial charge in [0.15, 0.2) is 6.04 Å². The molecular weight excluding hydrogens is 589 g/mol. The number of allylic oxidation sites excluding steroid dienone is 8. The molecule has 0 radical (unpaired) electrons. The standard InChI is InChI=1S/C32H54NO10P/c1-3-5-6-7-8-9-10-11-12-13-14-15-16-17-18-19-20-21-22-24-31(36)41-25-28(34)26-42-44(39,40)43-27-29(32(37)38)33-30(35)23-4-2/h8-9,11-12,14-15,17-18,28-29,34H,3-7,10,13,16,19-27H2,1-2H3,(H,33,35)(H,37,38)(H,39,40)/b9-8-,12-11-,15-14-,18-17-. The molecule has 0 aromatic heterocycles. The van der Waals surface area contributed by atoms with Crippen LogP contribution in [-0.4, -0.2) is 64.9 Å². The fourth-order valence-electron chi connectivity index (χ4n) is 3.63. The molecule has 11 nitrogen and oxygen atoms in total. The number of carbonyl (C=O) groups is 3. The van der Waals surface area contributed by atoms with Gasteiger partial charge in [0, 0.05) is 12.8 Å². The molecule has 0 aromatic rings. The highest BCUT2D eigenvalue weighted by Crippen LogP contribution is 2.43. The zero-order valence-electron chi connectivity index (χ0n) is 26.4. The summed E-state index contributed by atoms with van der Waals surface area (Å²) in [6.45, 7) is 2.02. The van der Waals surface area contributed by atoms with Crippen LogP contribution < -0.4 is 5.32 Å². The second-order valence-corrected chi connectivity index (χ2v) is 11.7. The van der Waals surface area contributed by atoms with E-state index in [2.05, 4.69) is 69.9 Å². The number of aliphatic hydroxyl groups excluding tert-OH is 1. The molecule has 0 aliphatic carbocycles. The van der Waals surface area contributed by atoms with Crippen LogP contribution >= 0.6 is 7.82 Å². The number of hydrogen-bond acceptors (Lipinski definition) is 8. The van der Waals surface area contributed by atoms with Crippen molar-refractivity contribution in [1.29, 1.82) is 0 Å². The minimum absolute atomic E-state index is 0.0914. The van der Waals surface area contributed by atoms with Crippen LogP contribution in [0.3, 0.4) is 0 Å². The van der Waals surface area contributed by atoms with Gasteiger partial charge in [0.05, 0.1) is 13.2 Å². The summed E-state index contributed by atoms with van der Waals surface area (Å²) in [6, 6.07) is -1.54. The highest BCUT2D eigenvalue weighted by molar-refractivity contribution is 7.47. The predicted molar refractivity (Wildman–Crippen MR) is 171 cm³/mol. The number of aliphatic carboxylic acids is 1. The first-order valence-electron chi connectivity index (χ1n) is 15.7. The first kappa shape index (κ1) is 41.4. The van der Waals surface area contributed by atoms with E-state index in [0.29, 0.717) is 12.8 Å². The molecule has 252 valence electrons. The predicted octanol–water partition coefficient (Wildman–Crippen LogP) is 6.32. The van der Waals surface area contributed by atoms with Crippen LogP contribution in [0.2, 0.25) is 0 Å². The number of hydrogen-bond donors (Lipinski definition) is 4. The summed E-state index contributed by atoms with van der Waals surface area (Å²) in [6.07, 6.45) is 28.0. The fourth-order valence-corrected chi connectivity index (χ4v) is 4.41. The van der Waals surface area contributed by atoms with Gasteiger partial charge in [-0.15, -0.1) is 0 Å². The Morgan fingerprint density at radius 2 is 1.27 bits per heavy atom. The van der Waals surface area contributed by atoms with Crippen LogP contribution in [0.25, 0.3) is 0 Å². The molecule has 0 fully saturated rings. The highest BCUT2D eigenvalue weighted by atomic mass is 31.2. The largest absolute Gasteiger partial charge is 0.480 e. The van der Waals surface area contributed by atoms with E-state index in [1.165, 1.54) is 25.7 Å². The second kappa shape index (κ2) is 28.0. The van der Waals surface area contributed by atoms with Crippen molar-refractivity contribution in [2.45, 2.75) is 116 Å². The summed E-state index contributed by atoms with van der Waals surface area (Å²) >= 11 is 0. The van der Waals surface area contributed by atoms with Crippen molar-refractivity contribution in [3.63, 3.8) is 0 Å². The molecule has 12 heteroatoms. The Kier molecular flexibility index (Phi) is 26.3. The van der Waals surface area contributed by atoms with E-state index in [1.54, 1.807) is 6.92 Å². The lowest BCUT2D eigenvalue weighted by atomic mass is 10.1. The molecule has 0 saturated carbocycles. The van der Waals surface area contributed by atoms with Gasteiger partial charge in [-0.25, -0.2) is 9.36 Å². The van der Waals surface area contributed by atoms with E-state index in [-0.39, 0.29) is 12.8 Å². The maximum atomic E-state index is 12.0. The molecule has 0 aliphatic rings. The Bertz CT molecular complexity index is 947. The normalized spacial score (nSPS) is 14.8. The number of rotatable bonds is 28. The van der Waals surface area contributed by atoms with Gasteiger partial charge >= 0.3 is 19.8 Å². The van der Waals surface area contributed by atoms with E-state index in [9.17, 15) is 28.9 Å². The lowest BCUT2D eigenvalue weighted by Crippen LogP contribution is -2.43. The van der Waals surface area contributed by atoms with Crippen molar-refractivity contribution < 1.29 is 47.8 Å². The van der Waals surface area contributed by atoms with Crippen molar-refractivity contribution in [2.75, 3.05) is 19.8 Å². The van der Waals surface area contributed by atoms with Crippen molar-refractivity contribution in [3.05, 3.63) is 48.6 Å². The van der Waals surface area contributed by atoms with Crippen molar-refractivity contribution in [1.82, 2.24) is 5.32 Å². The third kappa shape index (κ3) is 27.0. The van der Waals surface area contributed by atoms with Crippen LogP contribution in [0.5, 0.6) is 0 Å². The number of phosphoric ester groups is 1. The first-order valence-corrected chi connectivity index (χ1v) is 17.2. The number of carboxylic acid groups (broad SMARTS) is 1. The number of amides is 1. The summed E-state index contributed by atoms with van der Waals surface area (Å²) < 4.78 is 26.2. The van der Waals surface area contributed by atoms with E-state index in [0.717, 1.165) is 38.5 Å². The topological polar surface area (TPSA) is 169 Å². The van der Waals surface area contributed by atoms with Gasteiger partial charge in [-0.05, 0) is 57.8 Å². The van der Waals surface area contributed by atoms with Crippen LogP contribution in [-0.2, 0) is 32.7 Å². The summed E-state index contributed by atoms with van der Waals surface area (Å²) in [5.41, 5.74) is 0. The van der Waals surface area contributed by atoms with Crippen LogP contribution in [0.1, 0.15) is 104 Å². The zero-order chi connectivity index (χ0) is 32.9. The van der Waals surface area contributed by atoms with Crippen LogP contribution in [0.15, 0.2) is 48.6 Å². The summed E-state index contributed by atoms with van der Waals surface area (Å²) in [5.74, 6) is -2.49. The SMILES string of the molecule is CCCCC/C=C\C/C=C\C/C=C\C/C=C\CCCCCC(=O)OCC(O)COP(=O)(O)OCC(NC(=O)CCC)C(=O)O. The van der Waals surface area contributed by atoms with Crippen molar-refractivity contribution >= 4 is 25.7 Å². The Balaban J connectivity index is 3.89. The maximum absolute atomic E-state index is 12.0. The molecule has 3 unspecified atom stereocenters. The Hall–Kier alpha value is -2.56. The molecule has 1 amide bonds. The van der Waals surface area contributed by atoms with Gasteiger partial charge < -0.3 is 25.2 Å². The highest BCUT2D eigenvalue weighted by Gasteiger charge is 2.28. The lowest BCUT2D eigenvalue weighted by molar-refractivity contribution is -0.147. The number of carbonyl (C=O) groups excluding carboxylic acids is 2. The monoisotopic (exact) mass is 643 g/mol. The van der Waals surface area contributed by atoms with Gasteiger partial charge in [0.25, 0.3) is 0 Å². The quantitative estimate of drug-likeness (QED) is 0.0328. The van der Waals surface area contributed by atoms with Gasteiger partial charge in [-0.1, -0.05) is 81.7 Å². The molecule has 0 saturated heterocycles. The Morgan fingerprint density at radius 3 is 1.82 bits per heavy atom. The van der Waals surface area contributed by atoms with Crippen molar-refractivity contribution in [3.8, 4) is 0 Å². The van der Waals surface area contributed by atoms with Gasteiger partial charge in [0.2, 0.25) is 5.91 Å². The molecule has 0 spiro atoms. The molecule has 0 aliphatic heterocycles. The minimum atomic E-state index is -4.73. The van der Waals surface area contributed by atoms with E-state index < -0.39 is 57.6 Å². The number of carboxylic acids is 1. The molecule has 0 heterocycles. The average molecular weight is 644 g/mol. The minimum Gasteiger partial charge on any atom is -0.480 e. The third-order valence-corrected chi connectivity index (χ3v) is 7.04. The van der Waals surface area contributed by atoms with Crippen molar-refractivity contribution in [2.24, 2.45) is 0 Å². The Labute approximate surface area is 263 Å². The smallest absolute Gasteiger partial charge is 0.472 e. The van der Waals surface area contributed by atoms with E-state index in [4.69, 9.17) is 9.84 Å². The molecule has 0 bridgehead atoms. The number of aliphatic hydroxyl groups is 1. The maximum Gasteiger partial charge on any atom is 0.472 e. The molecule has 0 rings (SSSR count). The third-order valence-electron chi connectivity index (χ3n) is 6.09. The zero-order valence-corrected chi connectivity index (χ0v) is 27.3. The van der Waals surface area contributed by atoms with E-state index in [1.807, 2.05) is 0 Å². The number of esters is 1. The number of nitrogens with one attached hydrogen (secondary N) is 1.